The van der Waals surface area contributed by atoms with E-state index in [1.54, 1.807) is 37.4 Å². The molecule has 3 aromatic rings. The van der Waals surface area contributed by atoms with Gasteiger partial charge in [0.1, 0.15) is 5.56 Å². The van der Waals surface area contributed by atoms with Crippen LogP contribution in [-0.2, 0) is 23.2 Å². The van der Waals surface area contributed by atoms with Crippen LogP contribution in [0, 0.1) is 10.1 Å². The molecular weight excluding hydrogens is 503 g/mol. The fourth-order valence-electron chi connectivity index (χ4n) is 4.10. The van der Waals surface area contributed by atoms with E-state index in [0.29, 0.717) is 23.8 Å². The Balaban J connectivity index is 1.68. The summed E-state index contributed by atoms with van der Waals surface area (Å²) in [4.78, 5) is 27.4. The Morgan fingerprint density at radius 1 is 1.17 bits per heavy atom. The standard InChI is InChI=1S/C22H20F3N5O5S/c1-28-12-20(26-13-28)36(34,35)29-10-17(14-5-3-2-4-6-14)18(11-29)27-21(31)16-9-15(22(23,24)25)7-8-19(16)30(32)33/h2-9,12-13,17-18H,10-11H2,1H3,(H,27,31)/t17-,18+/m1/s1. The van der Waals surface area contributed by atoms with Crippen LogP contribution in [0.4, 0.5) is 18.9 Å². The number of sulfonamides is 1. The molecule has 1 N–H and O–H groups in total. The zero-order valence-corrected chi connectivity index (χ0v) is 19.5. The van der Waals surface area contributed by atoms with Gasteiger partial charge in [-0.15, -0.1) is 0 Å². The van der Waals surface area contributed by atoms with Crippen molar-refractivity contribution in [3.8, 4) is 0 Å². The molecular formula is C22H20F3N5O5S. The number of hydrogen-bond acceptors (Lipinski definition) is 6. The second-order valence-corrected chi connectivity index (χ2v) is 10.2. The Kier molecular flexibility index (Phi) is 6.58. The molecule has 1 aliphatic rings. The van der Waals surface area contributed by atoms with Crippen LogP contribution in [0.3, 0.4) is 0 Å². The highest BCUT2D eigenvalue weighted by atomic mass is 32.2. The fraction of sp³-hybridized carbons (Fsp3) is 0.273. The first kappa shape index (κ1) is 25.3. The number of halogens is 3. The first-order chi connectivity index (χ1) is 16.9. The minimum absolute atomic E-state index is 0.0431. The van der Waals surface area contributed by atoms with E-state index in [9.17, 15) is 36.5 Å². The van der Waals surface area contributed by atoms with E-state index in [1.807, 2.05) is 0 Å². The molecule has 14 heteroatoms. The molecule has 2 atom stereocenters. The number of imidazole rings is 1. The maximum absolute atomic E-state index is 13.2. The molecule has 2 heterocycles. The van der Waals surface area contributed by atoms with Crippen molar-refractivity contribution in [2.45, 2.75) is 23.2 Å². The first-order valence-electron chi connectivity index (χ1n) is 10.6. The van der Waals surface area contributed by atoms with E-state index < -0.39 is 55.8 Å². The van der Waals surface area contributed by atoms with Crippen molar-refractivity contribution >= 4 is 21.6 Å². The fourth-order valence-corrected chi connectivity index (χ4v) is 5.56. The number of aromatic nitrogens is 2. The van der Waals surface area contributed by atoms with Gasteiger partial charge >= 0.3 is 6.18 Å². The smallest absolute Gasteiger partial charge is 0.347 e. The minimum Gasteiger partial charge on any atom is -0.347 e. The number of carbonyl (C=O) groups excluding carboxylic acids is 1. The molecule has 1 aromatic heterocycles. The maximum atomic E-state index is 13.2. The van der Waals surface area contributed by atoms with Gasteiger partial charge in [0.2, 0.25) is 0 Å². The summed E-state index contributed by atoms with van der Waals surface area (Å²) in [6.07, 6.45) is -2.17. The largest absolute Gasteiger partial charge is 0.416 e. The van der Waals surface area contributed by atoms with Gasteiger partial charge in [-0.05, 0) is 17.7 Å². The van der Waals surface area contributed by atoms with E-state index in [0.717, 1.165) is 4.31 Å². The molecule has 1 saturated heterocycles. The number of benzene rings is 2. The summed E-state index contributed by atoms with van der Waals surface area (Å²) >= 11 is 0. The lowest BCUT2D eigenvalue weighted by atomic mass is 9.94. The number of nitro groups is 1. The van der Waals surface area contributed by atoms with Crippen LogP contribution >= 0.6 is 0 Å². The summed E-state index contributed by atoms with van der Waals surface area (Å²) in [6.45, 7) is -0.254. The summed E-state index contributed by atoms with van der Waals surface area (Å²) in [5.41, 5.74) is -2.11. The number of carbonyl (C=O) groups is 1. The lowest BCUT2D eigenvalue weighted by Crippen LogP contribution is -2.40. The monoisotopic (exact) mass is 523 g/mol. The molecule has 0 aliphatic carbocycles. The van der Waals surface area contributed by atoms with Crippen molar-refractivity contribution in [3.05, 3.63) is 87.9 Å². The Hall–Kier alpha value is -3.78. The lowest BCUT2D eigenvalue weighted by Gasteiger charge is -2.20. The van der Waals surface area contributed by atoms with Crippen LogP contribution in [0.2, 0.25) is 0 Å². The summed E-state index contributed by atoms with van der Waals surface area (Å²) in [5, 5.41) is 13.7. The predicted octanol–water partition coefficient (Wildman–Crippen LogP) is 2.93. The molecule has 0 radical (unpaired) electrons. The van der Waals surface area contributed by atoms with E-state index >= 15 is 0 Å². The number of nitrogens with zero attached hydrogens (tertiary/aromatic N) is 4. The highest BCUT2D eigenvalue weighted by Crippen LogP contribution is 2.34. The topological polar surface area (TPSA) is 127 Å². The van der Waals surface area contributed by atoms with Crippen molar-refractivity contribution in [3.63, 3.8) is 0 Å². The van der Waals surface area contributed by atoms with Crippen molar-refractivity contribution in [2.75, 3.05) is 13.1 Å². The zero-order valence-electron chi connectivity index (χ0n) is 18.7. The number of alkyl halides is 3. The summed E-state index contributed by atoms with van der Waals surface area (Å²) in [7, 11) is -2.44. The molecule has 0 saturated carbocycles. The van der Waals surface area contributed by atoms with Gasteiger partial charge in [0.25, 0.3) is 21.6 Å². The van der Waals surface area contributed by atoms with E-state index in [-0.39, 0.29) is 18.1 Å². The highest BCUT2D eigenvalue weighted by molar-refractivity contribution is 7.89. The number of nitro benzene ring substituents is 1. The number of hydrogen-bond donors (Lipinski definition) is 1. The van der Waals surface area contributed by atoms with Crippen molar-refractivity contribution < 1.29 is 31.3 Å². The number of rotatable bonds is 6. The van der Waals surface area contributed by atoms with Crippen molar-refractivity contribution in [1.29, 1.82) is 0 Å². The lowest BCUT2D eigenvalue weighted by molar-refractivity contribution is -0.385. The number of amides is 1. The van der Waals surface area contributed by atoms with Gasteiger partial charge in [0, 0.05) is 38.3 Å². The Morgan fingerprint density at radius 3 is 2.44 bits per heavy atom. The molecule has 0 unspecified atom stereocenters. The molecule has 0 bridgehead atoms. The molecule has 1 amide bonds. The molecule has 1 aliphatic heterocycles. The third kappa shape index (κ3) is 4.95. The van der Waals surface area contributed by atoms with Crippen molar-refractivity contribution in [1.82, 2.24) is 19.2 Å². The van der Waals surface area contributed by atoms with Crippen LogP contribution in [0.1, 0.15) is 27.4 Å². The highest BCUT2D eigenvalue weighted by Gasteiger charge is 2.42. The van der Waals surface area contributed by atoms with Crippen LogP contribution < -0.4 is 5.32 Å². The summed E-state index contributed by atoms with van der Waals surface area (Å²) in [5.74, 6) is -1.69. The maximum Gasteiger partial charge on any atom is 0.416 e. The average Bonchev–Trinajstić information content (AvgIpc) is 3.46. The Bertz CT molecular complexity index is 1410. The van der Waals surface area contributed by atoms with Gasteiger partial charge in [-0.1, -0.05) is 30.3 Å². The third-order valence-corrected chi connectivity index (χ3v) is 7.60. The van der Waals surface area contributed by atoms with Gasteiger partial charge in [-0.25, -0.2) is 13.4 Å². The Labute approximate surface area is 203 Å². The second kappa shape index (κ2) is 9.35. The van der Waals surface area contributed by atoms with Crippen molar-refractivity contribution in [2.24, 2.45) is 7.05 Å². The van der Waals surface area contributed by atoms with Gasteiger partial charge in [-0.2, -0.15) is 17.5 Å². The molecule has 36 heavy (non-hydrogen) atoms. The van der Waals surface area contributed by atoms with Crippen LogP contribution in [0.15, 0.2) is 66.1 Å². The first-order valence-corrected chi connectivity index (χ1v) is 12.0. The van der Waals surface area contributed by atoms with Gasteiger partial charge in [0.15, 0.2) is 5.03 Å². The van der Waals surface area contributed by atoms with E-state index in [2.05, 4.69) is 10.3 Å². The molecule has 190 valence electrons. The molecule has 0 spiro atoms. The molecule has 1 fully saturated rings. The average molecular weight is 523 g/mol. The normalized spacial score (nSPS) is 18.8. The zero-order chi connectivity index (χ0) is 26.3. The van der Waals surface area contributed by atoms with Crippen LogP contribution in [0.25, 0.3) is 0 Å². The second-order valence-electron chi connectivity index (χ2n) is 8.28. The van der Waals surface area contributed by atoms with E-state index in [1.165, 1.54) is 17.1 Å². The summed E-state index contributed by atoms with van der Waals surface area (Å²) in [6, 6.07) is 9.34. The molecule has 2 aromatic carbocycles. The summed E-state index contributed by atoms with van der Waals surface area (Å²) < 4.78 is 68.5. The van der Waals surface area contributed by atoms with Gasteiger partial charge in [0.05, 0.1) is 22.9 Å². The van der Waals surface area contributed by atoms with Crippen LogP contribution in [0.5, 0.6) is 0 Å². The van der Waals surface area contributed by atoms with Crippen LogP contribution in [-0.4, -0.2) is 52.2 Å². The molecule has 10 nitrogen and oxygen atoms in total. The van der Waals surface area contributed by atoms with Gasteiger partial charge in [-0.3, -0.25) is 14.9 Å². The predicted molar refractivity (Wildman–Crippen MR) is 121 cm³/mol. The van der Waals surface area contributed by atoms with Gasteiger partial charge < -0.3 is 9.88 Å². The number of nitrogens with one attached hydrogen (secondary N) is 1. The SMILES string of the molecule is Cn1cnc(S(=O)(=O)N2C[C@H](NC(=O)c3cc(C(F)(F)F)ccc3[N+](=O)[O-])[C@@H](c3ccccc3)C2)c1. The Morgan fingerprint density at radius 2 is 1.86 bits per heavy atom. The molecule has 4 rings (SSSR count). The minimum atomic E-state index is -4.82. The quantitative estimate of drug-likeness (QED) is 0.391. The third-order valence-electron chi connectivity index (χ3n) is 5.88. The number of aryl methyl sites for hydroxylation is 1. The van der Waals surface area contributed by atoms with E-state index in [4.69, 9.17) is 0 Å².